The van der Waals surface area contributed by atoms with E-state index in [-0.39, 0.29) is 0 Å². The van der Waals surface area contributed by atoms with Crippen LogP contribution in [0.3, 0.4) is 0 Å². The average Bonchev–Trinajstić information content (AvgIpc) is 3.12. The van der Waals surface area contributed by atoms with Crippen molar-refractivity contribution in [2.45, 2.75) is 25.7 Å². The molecule has 2 aromatic heterocycles. The number of carbonyl (C=O) groups excluding carboxylic acids is 1. The monoisotopic (exact) mass is 453 g/mol. The summed E-state index contributed by atoms with van der Waals surface area (Å²) in [5.41, 5.74) is 7.11. The summed E-state index contributed by atoms with van der Waals surface area (Å²) in [5, 5.41) is 1.34. The number of halogens is 3. The molecular weight excluding hydrogens is 437 g/mol. The van der Waals surface area contributed by atoms with Crippen LogP contribution >= 0.6 is 34.8 Å². The molecule has 29 heavy (non-hydrogen) atoms. The number of ether oxygens (including phenoxy) is 1. The minimum Gasteiger partial charge on any atom is -0.481 e. The molecule has 152 valence electrons. The minimum atomic E-state index is -0.533. The number of methoxy groups -OCH3 is 1. The highest BCUT2D eigenvalue weighted by Crippen LogP contribution is 2.32. The Morgan fingerprint density at radius 2 is 1.79 bits per heavy atom. The molecule has 9 heteroatoms. The second-order valence-electron chi connectivity index (χ2n) is 6.32. The number of hydrogen-bond acceptors (Lipinski definition) is 5. The van der Waals surface area contributed by atoms with Crippen molar-refractivity contribution in [1.82, 2.24) is 9.97 Å². The van der Waals surface area contributed by atoms with Crippen LogP contribution in [0.25, 0.3) is 11.5 Å². The highest BCUT2D eigenvalue weighted by molar-refractivity contribution is 6.35. The predicted octanol–water partition coefficient (Wildman–Crippen LogP) is 5.37. The van der Waals surface area contributed by atoms with Crippen LogP contribution in [0, 0.1) is 0 Å². The number of aryl methyl sites for hydroxylation is 2. The molecule has 4 rings (SSSR count). The van der Waals surface area contributed by atoms with Gasteiger partial charge in [-0.1, -0.05) is 34.8 Å². The van der Waals surface area contributed by atoms with Gasteiger partial charge >= 0.3 is 0 Å². The van der Waals surface area contributed by atoms with E-state index in [0.29, 0.717) is 32.4 Å². The fourth-order valence-electron chi connectivity index (χ4n) is 2.86. The fraction of sp³-hybridized carbons (Fsp3) is 0.250. The van der Waals surface area contributed by atoms with Crippen LogP contribution < -0.4 is 10.5 Å². The van der Waals surface area contributed by atoms with Gasteiger partial charge < -0.3 is 14.9 Å². The highest BCUT2D eigenvalue weighted by Gasteiger charge is 2.19. The maximum atomic E-state index is 10.6. The van der Waals surface area contributed by atoms with Gasteiger partial charge in [0.1, 0.15) is 5.76 Å². The van der Waals surface area contributed by atoms with Gasteiger partial charge in [0.15, 0.2) is 0 Å². The number of fused-ring (bicyclic) bond motifs is 1. The number of pyridine rings is 1. The van der Waals surface area contributed by atoms with Gasteiger partial charge in [-0.15, -0.1) is 0 Å². The molecule has 0 aliphatic heterocycles. The van der Waals surface area contributed by atoms with Crippen LogP contribution in [0.15, 0.2) is 34.9 Å². The molecule has 1 amide bonds. The Hall–Kier alpha value is -2.28. The van der Waals surface area contributed by atoms with Crippen LogP contribution in [-0.2, 0) is 12.8 Å². The number of hydrogen-bond donors (Lipinski definition) is 1. The lowest BCUT2D eigenvalue weighted by molar-refractivity contribution is 0.100. The van der Waals surface area contributed by atoms with Crippen molar-refractivity contribution in [1.29, 1.82) is 0 Å². The number of nitrogens with two attached hydrogens (primary N) is 1. The molecule has 6 nitrogen and oxygen atoms in total. The third-order valence-corrected chi connectivity index (χ3v) is 5.00. The minimum absolute atomic E-state index is 0.322. The molecule has 1 aliphatic carbocycles. The standard InChI is InChI=1S/C13H13ClN2O2.C7H5Cl2NO/c1-17-12-6-8(9(14)7-15-12)13-16-10-4-2-3-5-11(10)18-13;8-5-1-4(7(10)11)2-6(9)3-5/h6-7H,2-5H2,1H3;1-3H,(H2,10,11). The first-order valence-corrected chi connectivity index (χ1v) is 9.95. The molecule has 0 spiro atoms. The highest BCUT2D eigenvalue weighted by atomic mass is 35.5. The maximum Gasteiger partial charge on any atom is 0.248 e. The zero-order valence-electron chi connectivity index (χ0n) is 15.5. The van der Waals surface area contributed by atoms with Crippen molar-refractivity contribution >= 4 is 40.7 Å². The normalized spacial score (nSPS) is 12.6. The Balaban J connectivity index is 0.000000188. The van der Waals surface area contributed by atoms with Gasteiger partial charge in [0.2, 0.25) is 17.7 Å². The Kier molecular flexibility index (Phi) is 7.00. The van der Waals surface area contributed by atoms with Gasteiger partial charge in [-0.2, -0.15) is 0 Å². The maximum absolute atomic E-state index is 10.6. The predicted molar refractivity (Wildman–Crippen MR) is 113 cm³/mol. The van der Waals surface area contributed by atoms with E-state index in [0.717, 1.165) is 36.3 Å². The Bertz CT molecular complexity index is 993. The quantitative estimate of drug-likeness (QED) is 0.574. The average molecular weight is 455 g/mol. The second kappa shape index (κ2) is 9.48. The summed E-state index contributed by atoms with van der Waals surface area (Å²) < 4.78 is 10.9. The zero-order valence-corrected chi connectivity index (χ0v) is 17.8. The van der Waals surface area contributed by atoms with Crippen molar-refractivity contribution < 1.29 is 13.9 Å². The van der Waals surface area contributed by atoms with Crippen molar-refractivity contribution in [3.63, 3.8) is 0 Å². The van der Waals surface area contributed by atoms with E-state index in [1.807, 2.05) is 0 Å². The topological polar surface area (TPSA) is 91.2 Å². The molecule has 1 aliphatic rings. The number of aromatic nitrogens is 2. The van der Waals surface area contributed by atoms with E-state index in [1.54, 1.807) is 19.4 Å². The number of oxazole rings is 1. The molecule has 2 N–H and O–H groups in total. The number of nitrogens with zero attached hydrogens (tertiary/aromatic N) is 2. The Morgan fingerprint density at radius 3 is 2.41 bits per heavy atom. The van der Waals surface area contributed by atoms with Crippen LogP contribution in [0.5, 0.6) is 5.88 Å². The molecular formula is C20H18Cl3N3O3. The summed E-state index contributed by atoms with van der Waals surface area (Å²) >= 11 is 17.3. The van der Waals surface area contributed by atoms with Gasteiger partial charge in [-0.25, -0.2) is 9.97 Å². The molecule has 0 saturated carbocycles. The second-order valence-corrected chi connectivity index (χ2v) is 7.60. The van der Waals surface area contributed by atoms with Crippen molar-refractivity contribution in [2.24, 2.45) is 5.73 Å². The summed E-state index contributed by atoms with van der Waals surface area (Å²) in [6.07, 6.45) is 5.83. The molecule has 0 bridgehead atoms. The first-order valence-electron chi connectivity index (χ1n) is 8.81. The van der Waals surface area contributed by atoms with Gasteiger partial charge in [-0.05, 0) is 37.5 Å². The van der Waals surface area contributed by atoms with Crippen LogP contribution in [0.2, 0.25) is 15.1 Å². The van der Waals surface area contributed by atoms with E-state index in [9.17, 15) is 4.79 Å². The molecule has 0 atom stereocenters. The van der Waals surface area contributed by atoms with E-state index in [2.05, 4.69) is 9.97 Å². The van der Waals surface area contributed by atoms with Crippen molar-refractivity contribution in [2.75, 3.05) is 7.11 Å². The summed E-state index contributed by atoms with van der Waals surface area (Å²) in [6, 6.07) is 6.22. The number of amides is 1. The van der Waals surface area contributed by atoms with Crippen LogP contribution in [0.4, 0.5) is 0 Å². The van der Waals surface area contributed by atoms with E-state index in [4.69, 9.17) is 49.7 Å². The molecule has 1 aromatic carbocycles. The molecule has 0 radical (unpaired) electrons. The molecule has 2 heterocycles. The molecule has 0 unspecified atom stereocenters. The van der Waals surface area contributed by atoms with Crippen LogP contribution in [0.1, 0.15) is 34.7 Å². The largest absolute Gasteiger partial charge is 0.481 e. The van der Waals surface area contributed by atoms with Gasteiger partial charge in [0.05, 0.1) is 29.6 Å². The molecule has 3 aromatic rings. The van der Waals surface area contributed by atoms with Gasteiger partial charge in [0, 0.05) is 28.1 Å². The van der Waals surface area contributed by atoms with Gasteiger partial charge in [-0.3, -0.25) is 4.79 Å². The zero-order chi connectivity index (χ0) is 21.0. The summed E-state index contributed by atoms with van der Waals surface area (Å²) in [6.45, 7) is 0. The SMILES string of the molecule is COc1cc(-c2nc3c(o2)CCCC3)c(Cl)cn1.NC(=O)c1cc(Cl)cc(Cl)c1. The lowest BCUT2D eigenvalue weighted by Gasteiger charge is -2.05. The van der Waals surface area contributed by atoms with Crippen molar-refractivity contribution in [3.8, 4) is 17.3 Å². The number of primary amides is 1. The summed E-state index contributed by atoms with van der Waals surface area (Å²) in [7, 11) is 1.57. The number of carbonyl (C=O) groups is 1. The smallest absolute Gasteiger partial charge is 0.248 e. The van der Waals surface area contributed by atoms with E-state index >= 15 is 0 Å². The third-order valence-electron chi connectivity index (χ3n) is 4.26. The summed E-state index contributed by atoms with van der Waals surface area (Å²) in [5.74, 6) is 1.52. The fourth-order valence-corrected chi connectivity index (χ4v) is 3.57. The van der Waals surface area contributed by atoms with Crippen LogP contribution in [-0.4, -0.2) is 23.0 Å². The first kappa shape index (κ1) is 21.4. The number of rotatable bonds is 3. The molecule has 0 fully saturated rings. The summed E-state index contributed by atoms with van der Waals surface area (Å²) in [4.78, 5) is 19.2. The lowest BCUT2D eigenvalue weighted by Crippen LogP contribution is -2.10. The van der Waals surface area contributed by atoms with E-state index in [1.165, 1.54) is 24.6 Å². The molecule has 0 saturated heterocycles. The Labute approximate surface area is 182 Å². The first-order chi connectivity index (χ1) is 13.9. The van der Waals surface area contributed by atoms with Gasteiger partial charge in [0.25, 0.3) is 0 Å². The van der Waals surface area contributed by atoms with Crippen molar-refractivity contribution in [3.05, 3.63) is 62.5 Å². The van der Waals surface area contributed by atoms with E-state index < -0.39 is 5.91 Å². The number of benzene rings is 1. The third kappa shape index (κ3) is 5.41. The lowest BCUT2D eigenvalue weighted by atomic mass is 10.0. The Morgan fingerprint density at radius 1 is 1.10 bits per heavy atom.